The van der Waals surface area contributed by atoms with Crippen molar-refractivity contribution in [3.63, 3.8) is 0 Å². The van der Waals surface area contributed by atoms with Crippen LogP contribution in [0.4, 0.5) is 20.4 Å². The van der Waals surface area contributed by atoms with Gasteiger partial charge in [-0.05, 0) is 34.1 Å². The fourth-order valence-corrected chi connectivity index (χ4v) is 1.91. The number of nitrogen functional groups attached to an aromatic ring is 1. The van der Waals surface area contributed by atoms with Crippen molar-refractivity contribution < 1.29 is 8.78 Å². The van der Waals surface area contributed by atoms with E-state index >= 15 is 0 Å². The van der Waals surface area contributed by atoms with Crippen LogP contribution in [0, 0.1) is 11.6 Å². The van der Waals surface area contributed by atoms with Crippen molar-refractivity contribution in [2.45, 2.75) is 6.54 Å². The molecule has 8 heteroatoms. The van der Waals surface area contributed by atoms with Crippen LogP contribution in [-0.2, 0) is 6.54 Å². The number of benzene rings is 1. The zero-order valence-electron chi connectivity index (χ0n) is 9.62. The average molecular weight is 330 g/mol. The summed E-state index contributed by atoms with van der Waals surface area (Å²) in [7, 11) is 0. The minimum atomic E-state index is -0.496. The van der Waals surface area contributed by atoms with Gasteiger partial charge in [-0.15, -0.1) is 0 Å². The van der Waals surface area contributed by atoms with Gasteiger partial charge in [0.2, 0.25) is 0 Å². The number of hydrazine groups is 1. The van der Waals surface area contributed by atoms with Gasteiger partial charge in [-0.3, -0.25) is 0 Å². The van der Waals surface area contributed by atoms with Gasteiger partial charge in [0.15, 0.2) is 5.82 Å². The Balaban J connectivity index is 2.17. The lowest BCUT2D eigenvalue weighted by molar-refractivity contribution is 0.587. The molecule has 1 aromatic heterocycles. The zero-order chi connectivity index (χ0) is 13.8. The standard InChI is InChI=1S/C11H10BrF2N5/c12-9-10(17-5-18-11(9)19-15)16-4-6-3-7(13)1-2-8(6)14/h1-3,5H,4,15H2,(H2,16,17,18,19). The Morgan fingerprint density at radius 2 is 1.95 bits per heavy atom. The molecule has 1 aromatic carbocycles. The largest absolute Gasteiger partial charge is 0.365 e. The number of aromatic nitrogens is 2. The summed E-state index contributed by atoms with van der Waals surface area (Å²) in [4.78, 5) is 7.85. The lowest BCUT2D eigenvalue weighted by atomic mass is 10.2. The lowest BCUT2D eigenvalue weighted by Gasteiger charge is -2.10. The van der Waals surface area contributed by atoms with Crippen molar-refractivity contribution >= 4 is 27.6 Å². The Morgan fingerprint density at radius 3 is 2.68 bits per heavy atom. The second kappa shape index (κ2) is 5.89. The summed E-state index contributed by atoms with van der Waals surface area (Å²) in [6.45, 7) is 0.0865. The van der Waals surface area contributed by atoms with E-state index in [9.17, 15) is 8.78 Å². The SMILES string of the molecule is NNc1ncnc(NCc2cc(F)ccc2F)c1Br. The van der Waals surface area contributed by atoms with Crippen LogP contribution in [-0.4, -0.2) is 9.97 Å². The van der Waals surface area contributed by atoms with Crippen molar-refractivity contribution in [2.75, 3.05) is 10.7 Å². The molecule has 100 valence electrons. The van der Waals surface area contributed by atoms with Crippen LogP contribution in [0.1, 0.15) is 5.56 Å². The molecule has 4 N–H and O–H groups in total. The normalized spacial score (nSPS) is 10.3. The second-order valence-corrected chi connectivity index (χ2v) is 4.41. The highest BCUT2D eigenvalue weighted by Crippen LogP contribution is 2.26. The van der Waals surface area contributed by atoms with Gasteiger partial charge in [0, 0.05) is 12.1 Å². The van der Waals surface area contributed by atoms with Crippen LogP contribution in [0.25, 0.3) is 0 Å². The maximum Gasteiger partial charge on any atom is 0.159 e. The number of nitrogens with zero attached hydrogens (tertiary/aromatic N) is 2. The van der Waals surface area contributed by atoms with Crippen molar-refractivity contribution in [1.29, 1.82) is 0 Å². The van der Waals surface area contributed by atoms with Crippen molar-refractivity contribution in [3.8, 4) is 0 Å². The molecule has 0 saturated heterocycles. The molecular formula is C11H10BrF2N5. The van der Waals surface area contributed by atoms with Gasteiger partial charge in [-0.25, -0.2) is 24.6 Å². The fraction of sp³-hybridized carbons (Fsp3) is 0.0909. The van der Waals surface area contributed by atoms with Crippen molar-refractivity contribution in [3.05, 3.63) is 46.2 Å². The molecule has 0 aliphatic carbocycles. The van der Waals surface area contributed by atoms with Gasteiger partial charge in [0.25, 0.3) is 0 Å². The minimum Gasteiger partial charge on any atom is -0.365 e. The first-order valence-electron chi connectivity index (χ1n) is 5.26. The van der Waals surface area contributed by atoms with Crippen LogP contribution in [0.3, 0.4) is 0 Å². The Kier molecular flexibility index (Phi) is 4.23. The van der Waals surface area contributed by atoms with Crippen LogP contribution >= 0.6 is 15.9 Å². The van der Waals surface area contributed by atoms with Crippen molar-refractivity contribution in [1.82, 2.24) is 9.97 Å². The number of nitrogens with one attached hydrogen (secondary N) is 2. The van der Waals surface area contributed by atoms with Gasteiger partial charge >= 0.3 is 0 Å². The Labute approximate surface area is 116 Å². The van der Waals surface area contributed by atoms with Crippen LogP contribution in [0.15, 0.2) is 29.0 Å². The summed E-state index contributed by atoms with van der Waals surface area (Å²) in [6, 6.07) is 3.27. The first-order chi connectivity index (χ1) is 9.11. The van der Waals surface area contributed by atoms with E-state index in [2.05, 4.69) is 36.6 Å². The maximum absolute atomic E-state index is 13.4. The first-order valence-corrected chi connectivity index (χ1v) is 6.06. The summed E-state index contributed by atoms with van der Waals surface area (Å²) in [5, 5.41) is 2.87. The van der Waals surface area contributed by atoms with E-state index in [0.29, 0.717) is 16.1 Å². The van der Waals surface area contributed by atoms with E-state index in [1.165, 1.54) is 6.33 Å². The monoisotopic (exact) mass is 329 g/mol. The predicted molar refractivity (Wildman–Crippen MR) is 71.2 cm³/mol. The van der Waals surface area contributed by atoms with Gasteiger partial charge in [-0.2, -0.15) is 0 Å². The topological polar surface area (TPSA) is 75.9 Å². The molecule has 2 aromatic rings. The third kappa shape index (κ3) is 3.15. The number of hydrogen-bond acceptors (Lipinski definition) is 5. The third-order valence-corrected chi connectivity index (χ3v) is 3.13. The van der Waals surface area contributed by atoms with Gasteiger partial charge in [0.05, 0.1) is 0 Å². The summed E-state index contributed by atoms with van der Waals surface area (Å²) in [5.74, 6) is 5.09. The fourth-order valence-electron chi connectivity index (χ4n) is 1.45. The minimum absolute atomic E-state index is 0.0865. The van der Waals surface area contributed by atoms with E-state index in [1.807, 2.05) is 0 Å². The molecule has 0 bridgehead atoms. The zero-order valence-corrected chi connectivity index (χ0v) is 11.2. The van der Waals surface area contributed by atoms with Gasteiger partial charge in [-0.1, -0.05) is 0 Å². The quantitative estimate of drug-likeness (QED) is 0.593. The molecule has 0 atom stereocenters. The molecule has 2 rings (SSSR count). The molecule has 0 saturated carbocycles. The third-order valence-electron chi connectivity index (χ3n) is 2.38. The van der Waals surface area contributed by atoms with E-state index in [1.54, 1.807) is 0 Å². The van der Waals surface area contributed by atoms with E-state index in [-0.39, 0.29) is 12.1 Å². The molecule has 1 heterocycles. The molecule has 0 aliphatic rings. The van der Waals surface area contributed by atoms with Gasteiger partial charge < -0.3 is 10.7 Å². The average Bonchev–Trinajstić information content (AvgIpc) is 2.41. The van der Waals surface area contributed by atoms with Crippen LogP contribution in [0.5, 0.6) is 0 Å². The Bertz CT molecular complexity index is 593. The molecule has 5 nitrogen and oxygen atoms in total. The first kappa shape index (κ1) is 13.6. The van der Waals surface area contributed by atoms with Crippen molar-refractivity contribution in [2.24, 2.45) is 5.84 Å². The van der Waals surface area contributed by atoms with Crippen LogP contribution < -0.4 is 16.6 Å². The smallest absolute Gasteiger partial charge is 0.159 e. The lowest BCUT2D eigenvalue weighted by Crippen LogP contribution is -2.11. The highest BCUT2D eigenvalue weighted by atomic mass is 79.9. The summed E-state index contributed by atoms with van der Waals surface area (Å²) in [6.07, 6.45) is 1.30. The number of rotatable bonds is 4. The highest BCUT2D eigenvalue weighted by molar-refractivity contribution is 9.10. The van der Waals surface area contributed by atoms with E-state index < -0.39 is 11.6 Å². The number of nitrogens with two attached hydrogens (primary N) is 1. The van der Waals surface area contributed by atoms with Gasteiger partial charge in [0.1, 0.15) is 28.3 Å². The maximum atomic E-state index is 13.4. The highest BCUT2D eigenvalue weighted by Gasteiger charge is 2.09. The number of hydrogen-bond donors (Lipinski definition) is 3. The molecule has 0 radical (unpaired) electrons. The number of anilines is 2. The van der Waals surface area contributed by atoms with Crippen LogP contribution in [0.2, 0.25) is 0 Å². The number of halogens is 3. The molecule has 0 aliphatic heterocycles. The molecule has 0 spiro atoms. The molecule has 0 unspecified atom stereocenters. The summed E-state index contributed by atoms with van der Waals surface area (Å²) < 4.78 is 27.0. The van der Waals surface area contributed by atoms with E-state index in [0.717, 1.165) is 18.2 Å². The Hall–Kier alpha value is -1.80. The molecule has 19 heavy (non-hydrogen) atoms. The predicted octanol–water partition coefficient (Wildman–Crippen LogP) is 2.42. The summed E-state index contributed by atoms with van der Waals surface area (Å²) >= 11 is 3.25. The summed E-state index contributed by atoms with van der Waals surface area (Å²) in [5.41, 5.74) is 2.58. The molecule has 0 amide bonds. The molecule has 0 fully saturated rings. The Morgan fingerprint density at radius 1 is 1.21 bits per heavy atom. The second-order valence-electron chi connectivity index (χ2n) is 3.62. The van der Waals surface area contributed by atoms with E-state index in [4.69, 9.17) is 5.84 Å². The molecular weight excluding hydrogens is 320 g/mol.